The van der Waals surface area contributed by atoms with E-state index in [1.54, 1.807) is 0 Å². The Morgan fingerprint density at radius 3 is 2.22 bits per heavy atom. The van der Waals surface area contributed by atoms with Crippen molar-refractivity contribution in [3.05, 3.63) is 52.6 Å². The van der Waals surface area contributed by atoms with Gasteiger partial charge < -0.3 is 5.11 Å². The maximum atomic E-state index is 9.83. The summed E-state index contributed by atoms with van der Waals surface area (Å²) in [5.74, 6) is 0.417. The van der Waals surface area contributed by atoms with Gasteiger partial charge in [0, 0.05) is 0 Å². The Labute approximate surface area is 108 Å². The number of phenols is 1. The van der Waals surface area contributed by atoms with Crippen molar-refractivity contribution >= 4 is 0 Å². The molecule has 0 heterocycles. The molecular formula is C17H18O. The van der Waals surface area contributed by atoms with E-state index in [0.717, 1.165) is 11.1 Å². The lowest BCUT2D eigenvalue weighted by Crippen LogP contribution is -1.87. The number of fused-ring (bicyclic) bond motifs is 1. The van der Waals surface area contributed by atoms with Crippen molar-refractivity contribution in [1.29, 1.82) is 0 Å². The van der Waals surface area contributed by atoms with Crippen LogP contribution in [0.4, 0.5) is 0 Å². The topological polar surface area (TPSA) is 20.2 Å². The van der Waals surface area contributed by atoms with Gasteiger partial charge in [-0.3, -0.25) is 0 Å². The molecule has 0 aromatic heterocycles. The summed E-state index contributed by atoms with van der Waals surface area (Å²) in [6, 6.07) is 10.9. The highest BCUT2D eigenvalue weighted by atomic mass is 16.3. The molecule has 0 radical (unpaired) electrons. The molecule has 2 aromatic rings. The predicted molar refractivity (Wildman–Crippen MR) is 75.0 cm³/mol. The average molecular weight is 238 g/mol. The number of aromatic hydroxyl groups is 1. The van der Waals surface area contributed by atoms with Gasteiger partial charge in [0.15, 0.2) is 0 Å². The van der Waals surface area contributed by atoms with E-state index >= 15 is 0 Å². The summed E-state index contributed by atoms with van der Waals surface area (Å²) < 4.78 is 0. The lowest BCUT2D eigenvalue weighted by molar-refractivity contribution is 0.467. The maximum Gasteiger partial charge on any atom is 0.121 e. The minimum Gasteiger partial charge on any atom is -0.507 e. The Kier molecular flexibility index (Phi) is 2.62. The van der Waals surface area contributed by atoms with Gasteiger partial charge in [-0.1, -0.05) is 18.2 Å². The number of rotatable bonds is 1. The summed E-state index contributed by atoms with van der Waals surface area (Å²) in [4.78, 5) is 0. The Bertz CT molecular complexity index is 588. The first kappa shape index (κ1) is 11.3. The van der Waals surface area contributed by atoms with Crippen LogP contribution in [0.3, 0.4) is 0 Å². The van der Waals surface area contributed by atoms with Crippen LogP contribution in [0.5, 0.6) is 5.75 Å². The van der Waals surface area contributed by atoms with Crippen LogP contribution in [0.2, 0.25) is 0 Å². The zero-order valence-electron chi connectivity index (χ0n) is 11.0. The highest BCUT2D eigenvalue weighted by Crippen LogP contribution is 2.32. The number of hydrogen-bond acceptors (Lipinski definition) is 1. The van der Waals surface area contributed by atoms with Crippen molar-refractivity contribution in [3.63, 3.8) is 0 Å². The van der Waals surface area contributed by atoms with E-state index in [9.17, 15) is 5.11 Å². The zero-order chi connectivity index (χ0) is 12.7. The van der Waals surface area contributed by atoms with Crippen molar-refractivity contribution in [1.82, 2.24) is 0 Å². The van der Waals surface area contributed by atoms with Gasteiger partial charge in [0.1, 0.15) is 5.75 Å². The van der Waals surface area contributed by atoms with Crippen LogP contribution in [0.1, 0.15) is 28.7 Å². The smallest absolute Gasteiger partial charge is 0.121 e. The van der Waals surface area contributed by atoms with Crippen molar-refractivity contribution in [3.8, 4) is 16.9 Å². The monoisotopic (exact) mass is 238 g/mol. The van der Waals surface area contributed by atoms with Gasteiger partial charge in [0.05, 0.1) is 0 Å². The van der Waals surface area contributed by atoms with Crippen LogP contribution in [0.25, 0.3) is 11.1 Å². The van der Waals surface area contributed by atoms with E-state index in [4.69, 9.17) is 0 Å². The first-order valence-corrected chi connectivity index (χ1v) is 6.57. The molecule has 0 saturated heterocycles. The lowest BCUT2D eigenvalue weighted by Gasteiger charge is -2.09. The molecule has 0 aliphatic heterocycles. The average Bonchev–Trinajstić information content (AvgIpc) is 2.82. The van der Waals surface area contributed by atoms with E-state index < -0.39 is 0 Å². The molecule has 3 rings (SSSR count). The second-order valence-electron chi connectivity index (χ2n) is 5.30. The third kappa shape index (κ3) is 1.80. The fraction of sp³-hybridized carbons (Fsp3) is 0.294. The third-order valence-electron chi connectivity index (χ3n) is 3.92. The Hall–Kier alpha value is -1.76. The second kappa shape index (κ2) is 4.16. The molecule has 2 aromatic carbocycles. The summed E-state index contributed by atoms with van der Waals surface area (Å²) in [6.07, 6.45) is 3.72. The molecule has 0 bridgehead atoms. The molecular weight excluding hydrogens is 220 g/mol. The molecule has 0 unspecified atom stereocenters. The van der Waals surface area contributed by atoms with Crippen LogP contribution >= 0.6 is 0 Å². The molecule has 0 atom stereocenters. The molecule has 18 heavy (non-hydrogen) atoms. The minimum atomic E-state index is 0.417. The highest BCUT2D eigenvalue weighted by molar-refractivity contribution is 5.68. The van der Waals surface area contributed by atoms with Crippen molar-refractivity contribution < 1.29 is 5.11 Å². The summed E-state index contributed by atoms with van der Waals surface area (Å²) in [6.45, 7) is 3.92. The normalized spacial score (nSPS) is 13.7. The largest absolute Gasteiger partial charge is 0.507 e. The van der Waals surface area contributed by atoms with Gasteiger partial charge in [-0.05, 0) is 78.6 Å². The first-order chi connectivity index (χ1) is 8.65. The quantitative estimate of drug-likeness (QED) is 0.790. The Morgan fingerprint density at radius 2 is 1.50 bits per heavy atom. The zero-order valence-corrected chi connectivity index (χ0v) is 11.0. The fourth-order valence-corrected chi connectivity index (χ4v) is 2.87. The third-order valence-corrected chi connectivity index (χ3v) is 3.92. The number of benzene rings is 2. The molecule has 0 saturated carbocycles. The standard InChI is InChI=1S/C17H18O/c1-11-8-16(9-12(2)17(11)18)15-7-6-13-4-3-5-14(13)10-15/h6-10,18H,3-5H2,1-2H3. The number of hydrogen-bond donors (Lipinski definition) is 1. The molecule has 92 valence electrons. The summed E-state index contributed by atoms with van der Waals surface area (Å²) in [5, 5.41) is 9.83. The van der Waals surface area contributed by atoms with E-state index in [1.807, 2.05) is 13.8 Å². The molecule has 1 aliphatic carbocycles. The van der Waals surface area contributed by atoms with Gasteiger partial charge in [-0.15, -0.1) is 0 Å². The number of phenolic OH excluding ortho intramolecular Hbond substituents is 1. The Morgan fingerprint density at radius 1 is 0.833 bits per heavy atom. The highest BCUT2D eigenvalue weighted by Gasteiger charge is 2.12. The lowest BCUT2D eigenvalue weighted by atomic mass is 9.97. The summed E-state index contributed by atoms with van der Waals surface area (Å²) >= 11 is 0. The van der Waals surface area contributed by atoms with Crippen LogP contribution in [-0.2, 0) is 12.8 Å². The summed E-state index contributed by atoms with van der Waals surface area (Å²) in [7, 11) is 0. The SMILES string of the molecule is Cc1cc(-c2ccc3c(c2)CCC3)cc(C)c1O. The minimum absolute atomic E-state index is 0.417. The Balaban J connectivity index is 2.10. The van der Waals surface area contributed by atoms with E-state index in [2.05, 4.69) is 30.3 Å². The fourth-order valence-electron chi connectivity index (χ4n) is 2.87. The van der Waals surface area contributed by atoms with E-state index in [-0.39, 0.29) is 0 Å². The van der Waals surface area contributed by atoms with Gasteiger partial charge in [0.2, 0.25) is 0 Å². The maximum absolute atomic E-state index is 9.83. The molecule has 0 spiro atoms. The molecule has 1 N–H and O–H groups in total. The van der Waals surface area contributed by atoms with Crippen molar-refractivity contribution in [2.45, 2.75) is 33.1 Å². The van der Waals surface area contributed by atoms with E-state index in [0.29, 0.717) is 5.75 Å². The molecule has 0 fully saturated rings. The van der Waals surface area contributed by atoms with Crippen molar-refractivity contribution in [2.24, 2.45) is 0 Å². The van der Waals surface area contributed by atoms with Crippen LogP contribution in [0, 0.1) is 13.8 Å². The molecule has 1 heteroatoms. The van der Waals surface area contributed by atoms with Gasteiger partial charge in [-0.25, -0.2) is 0 Å². The van der Waals surface area contributed by atoms with Gasteiger partial charge in [0.25, 0.3) is 0 Å². The van der Waals surface area contributed by atoms with Crippen molar-refractivity contribution in [2.75, 3.05) is 0 Å². The van der Waals surface area contributed by atoms with Gasteiger partial charge >= 0.3 is 0 Å². The molecule has 0 amide bonds. The number of aryl methyl sites for hydroxylation is 4. The van der Waals surface area contributed by atoms with Crippen LogP contribution in [0.15, 0.2) is 30.3 Å². The van der Waals surface area contributed by atoms with Crippen LogP contribution in [-0.4, -0.2) is 5.11 Å². The van der Waals surface area contributed by atoms with Gasteiger partial charge in [-0.2, -0.15) is 0 Å². The summed E-state index contributed by atoms with van der Waals surface area (Å²) in [5.41, 5.74) is 7.37. The first-order valence-electron chi connectivity index (χ1n) is 6.57. The van der Waals surface area contributed by atoms with E-state index in [1.165, 1.54) is 41.5 Å². The van der Waals surface area contributed by atoms with Crippen LogP contribution < -0.4 is 0 Å². The predicted octanol–water partition coefficient (Wildman–Crippen LogP) is 4.16. The molecule has 1 nitrogen and oxygen atoms in total. The second-order valence-corrected chi connectivity index (χ2v) is 5.30. The molecule has 1 aliphatic rings.